The number of nitrogens with zero attached hydrogens (tertiary/aromatic N) is 1. The second kappa shape index (κ2) is 7.65. The molecule has 1 aliphatic rings. The van der Waals surface area contributed by atoms with Crippen molar-refractivity contribution in [2.75, 3.05) is 42.4 Å². The maximum atomic E-state index is 11.8. The molecular formula is C16H22N2O5S. The van der Waals surface area contributed by atoms with E-state index in [1.165, 1.54) is 0 Å². The monoisotopic (exact) mass is 354 g/mol. The number of hydrogen-bond donors (Lipinski definition) is 1. The Morgan fingerprint density at radius 1 is 1.25 bits per heavy atom. The number of esters is 1. The van der Waals surface area contributed by atoms with Crippen molar-refractivity contribution >= 4 is 33.1 Å². The average molecular weight is 354 g/mol. The first-order chi connectivity index (χ1) is 11.2. The zero-order chi connectivity index (χ0) is 17.7. The number of carbonyl (C=O) groups excluding carboxylic acids is 2. The van der Waals surface area contributed by atoms with Crippen LogP contribution in [0.3, 0.4) is 0 Å². The number of anilines is 2. The molecule has 1 aromatic carbocycles. The highest BCUT2D eigenvalue weighted by atomic mass is 32.2. The molecule has 1 N–H and O–H groups in total. The number of benzene rings is 1. The quantitative estimate of drug-likeness (QED) is 0.768. The van der Waals surface area contributed by atoms with Gasteiger partial charge in [0, 0.05) is 31.9 Å². The lowest BCUT2D eigenvalue weighted by Gasteiger charge is -2.13. The van der Waals surface area contributed by atoms with Gasteiger partial charge in [0.2, 0.25) is 0 Å². The fraction of sp³-hybridized carbons (Fsp3) is 0.500. The van der Waals surface area contributed by atoms with Crippen molar-refractivity contribution in [3.8, 4) is 0 Å². The summed E-state index contributed by atoms with van der Waals surface area (Å²) in [4.78, 5) is 25.4. The fourth-order valence-electron chi connectivity index (χ4n) is 2.51. The highest BCUT2D eigenvalue weighted by Crippen LogP contribution is 2.22. The fourth-order valence-corrected chi connectivity index (χ4v) is 4.38. The standard InChI is InChI=1S/C16H22N2O5S/c1-18(2)14-5-3-13(4-6-14)17-15(19)10-23-16(20)9-12-7-8-24(21,22)11-12/h3-6,12H,7-11H2,1-2H3,(H,17,19)/t12-/m1/s1. The van der Waals surface area contributed by atoms with Gasteiger partial charge < -0.3 is 15.0 Å². The van der Waals surface area contributed by atoms with Gasteiger partial charge in [-0.3, -0.25) is 9.59 Å². The van der Waals surface area contributed by atoms with Gasteiger partial charge in [-0.05, 0) is 36.6 Å². The largest absolute Gasteiger partial charge is 0.456 e. The molecule has 1 atom stereocenters. The van der Waals surface area contributed by atoms with Crippen LogP contribution in [0, 0.1) is 5.92 Å². The topological polar surface area (TPSA) is 92.8 Å². The molecule has 132 valence electrons. The van der Waals surface area contributed by atoms with Crippen molar-refractivity contribution in [1.29, 1.82) is 0 Å². The molecule has 0 saturated carbocycles. The van der Waals surface area contributed by atoms with Gasteiger partial charge in [0.15, 0.2) is 16.4 Å². The van der Waals surface area contributed by atoms with Crippen molar-refractivity contribution in [2.24, 2.45) is 5.92 Å². The molecule has 24 heavy (non-hydrogen) atoms. The van der Waals surface area contributed by atoms with Crippen LogP contribution in [0.1, 0.15) is 12.8 Å². The molecule has 1 amide bonds. The molecule has 0 unspecified atom stereocenters. The van der Waals surface area contributed by atoms with Crippen LogP contribution in [0.2, 0.25) is 0 Å². The van der Waals surface area contributed by atoms with E-state index in [-0.39, 0.29) is 30.5 Å². The number of nitrogens with one attached hydrogen (secondary N) is 1. The lowest BCUT2D eigenvalue weighted by atomic mass is 10.1. The normalized spacial score (nSPS) is 18.8. The van der Waals surface area contributed by atoms with E-state index < -0.39 is 21.7 Å². The van der Waals surface area contributed by atoms with E-state index >= 15 is 0 Å². The molecule has 7 nitrogen and oxygen atoms in total. The van der Waals surface area contributed by atoms with E-state index in [9.17, 15) is 18.0 Å². The summed E-state index contributed by atoms with van der Waals surface area (Å²) < 4.78 is 27.6. The zero-order valence-corrected chi connectivity index (χ0v) is 14.6. The Hall–Kier alpha value is -2.09. The van der Waals surface area contributed by atoms with Gasteiger partial charge in [-0.2, -0.15) is 0 Å². The Morgan fingerprint density at radius 2 is 1.92 bits per heavy atom. The first-order valence-corrected chi connectivity index (χ1v) is 9.50. The summed E-state index contributed by atoms with van der Waals surface area (Å²) in [5.74, 6) is -1.04. The van der Waals surface area contributed by atoms with Crippen LogP contribution in [0.5, 0.6) is 0 Å². The molecule has 0 radical (unpaired) electrons. The average Bonchev–Trinajstić information content (AvgIpc) is 2.84. The number of hydrogen-bond acceptors (Lipinski definition) is 6. The maximum absolute atomic E-state index is 11.8. The third kappa shape index (κ3) is 5.52. The van der Waals surface area contributed by atoms with Gasteiger partial charge in [-0.15, -0.1) is 0 Å². The molecule has 8 heteroatoms. The predicted molar refractivity (Wildman–Crippen MR) is 91.7 cm³/mol. The van der Waals surface area contributed by atoms with Gasteiger partial charge in [0.05, 0.1) is 11.5 Å². The SMILES string of the molecule is CN(C)c1ccc(NC(=O)COC(=O)C[C@H]2CCS(=O)(=O)C2)cc1. The van der Waals surface area contributed by atoms with Crippen LogP contribution >= 0.6 is 0 Å². The van der Waals surface area contributed by atoms with E-state index in [1.807, 2.05) is 31.1 Å². The van der Waals surface area contributed by atoms with Crippen molar-refractivity contribution < 1.29 is 22.7 Å². The van der Waals surface area contributed by atoms with Crippen molar-refractivity contribution in [1.82, 2.24) is 0 Å². The molecule has 1 heterocycles. The lowest BCUT2D eigenvalue weighted by Crippen LogP contribution is -2.22. The first-order valence-electron chi connectivity index (χ1n) is 7.68. The maximum Gasteiger partial charge on any atom is 0.306 e. The van der Waals surface area contributed by atoms with Gasteiger partial charge >= 0.3 is 5.97 Å². The van der Waals surface area contributed by atoms with Crippen LogP contribution in [-0.4, -0.2) is 52.5 Å². The Balaban J connectivity index is 1.73. The van der Waals surface area contributed by atoms with Gasteiger partial charge in [0.1, 0.15) is 0 Å². The highest BCUT2D eigenvalue weighted by molar-refractivity contribution is 7.91. The van der Waals surface area contributed by atoms with Crippen molar-refractivity contribution in [3.63, 3.8) is 0 Å². The van der Waals surface area contributed by atoms with Gasteiger partial charge in [-0.1, -0.05) is 0 Å². The Bertz CT molecular complexity index is 698. The summed E-state index contributed by atoms with van der Waals surface area (Å²) >= 11 is 0. The molecule has 2 rings (SSSR count). The minimum absolute atomic E-state index is 0.0204. The van der Waals surface area contributed by atoms with E-state index in [4.69, 9.17) is 4.74 Å². The van der Waals surface area contributed by atoms with E-state index in [0.717, 1.165) is 5.69 Å². The molecule has 1 aliphatic heterocycles. The Morgan fingerprint density at radius 3 is 2.46 bits per heavy atom. The zero-order valence-electron chi connectivity index (χ0n) is 13.8. The summed E-state index contributed by atoms with van der Waals surface area (Å²) in [6.07, 6.45) is 0.506. The summed E-state index contributed by atoms with van der Waals surface area (Å²) in [6, 6.07) is 7.25. The summed E-state index contributed by atoms with van der Waals surface area (Å²) in [6.45, 7) is -0.381. The van der Waals surface area contributed by atoms with Crippen LogP contribution in [0.15, 0.2) is 24.3 Å². The molecule has 1 saturated heterocycles. The smallest absolute Gasteiger partial charge is 0.306 e. The summed E-state index contributed by atoms with van der Waals surface area (Å²) in [7, 11) is 0.825. The number of carbonyl (C=O) groups is 2. The van der Waals surface area contributed by atoms with Crippen LogP contribution in [-0.2, 0) is 24.2 Å². The van der Waals surface area contributed by atoms with Crippen LogP contribution in [0.4, 0.5) is 11.4 Å². The van der Waals surface area contributed by atoms with Gasteiger partial charge in [-0.25, -0.2) is 8.42 Å². The number of ether oxygens (including phenoxy) is 1. The molecular weight excluding hydrogens is 332 g/mol. The molecule has 1 fully saturated rings. The summed E-state index contributed by atoms with van der Waals surface area (Å²) in [5, 5.41) is 2.64. The molecule has 0 spiro atoms. The van der Waals surface area contributed by atoms with Crippen LogP contribution < -0.4 is 10.2 Å². The van der Waals surface area contributed by atoms with Crippen LogP contribution in [0.25, 0.3) is 0 Å². The molecule has 1 aromatic rings. The minimum Gasteiger partial charge on any atom is -0.456 e. The first kappa shape index (κ1) is 18.3. The third-order valence-corrected chi connectivity index (χ3v) is 5.65. The van der Waals surface area contributed by atoms with Crippen molar-refractivity contribution in [2.45, 2.75) is 12.8 Å². The number of amides is 1. The molecule has 0 bridgehead atoms. The van der Waals surface area contributed by atoms with E-state index in [2.05, 4.69) is 5.32 Å². The van der Waals surface area contributed by atoms with E-state index in [0.29, 0.717) is 12.1 Å². The summed E-state index contributed by atoms with van der Waals surface area (Å²) in [5.41, 5.74) is 1.62. The minimum atomic E-state index is -3.01. The Labute approximate surface area is 141 Å². The predicted octanol–water partition coefficient (Wildman–Crippen LogP) is 1.06. The Kier molecular flexibility index (Phi) is 5.82. The van der Waals surface area contributed by atoms with Crippen molar-refractivity contribution in [3.05, 3.63) is 24.3 Å². The lowest BCUT2D eigenvalue weighted by molar-refractivity contribution is -0.148. The number of rotatable bonds is 6. The van der Waals surface area contributed by atoms with E-state index in [1.54, 1.807) is 12.1 Å². The molecule has 0 aliphatic carbocycles. The highest BCUT2D eigenvalue weighted by Gasteiger charge is 2.29. The number of sulfone groups is 1. The third-order valence-electron chi connectivity index (χ3n) is 3.81. The second-order valence-electron chi connectivity index (χ2n) is 6.12. The van der Waals surface area contributed by atoms with Gasteiger partial charge in [0.25, 0.3) is 5.91 Å². The second-order valence-corrected chi connectivity index (χ2v) is 8.35. The molecule has 0 aromatic heterocycles.